The van der Waals surface area contributed by atoms with Gasteiger partial charge in [0.05, 0.1) is 10.7 Å². The minimum Gasteiger partial charge on any atom is -0.307 e. The Bertz CT molecular complexity index is 458. The van der Waals surface area contributed by atoms with E-state index in [0.29, 0.717) is 17.5 Å². The summed E-state index contributed by atoms with van der Waals surface area (Å²) >= 11 is 1.85. The Morgan fingerprint density at radius 2 is 1.86 bits per heavy atom. The molecule has 1 N–H and O–H groups in total. The zero-order valence-corrected chi connectivity index (χ0v) is 15.4. The second-order valence-electron chi connectivity index (χ2n) is 7.84. The molecule has 1 saturated carbocycles. The first-order chi connectivity index (χ1) is 9.77. The number of nitrogens with one attached hydrogen (secondary N) is 1. The van der Waals surface area contributed by atoms with Crippen LogP contribution in [0.3, 0.4) is 0 Å². The molecule has 0 radical (unpaired) electrons. The highest BCUT2D eigenvalue weighted by molar-refractivity contribution is 7.11. The van der Waals surface area contributed by atoms with Crippen LogP contribution in [0.4, 0.5) is 0 Å². The number of hydrogen-bond donors (Lipinski definition) is 1. The van der Waals surface area contributed by atoms with E-state index in [1.54, 1.807) is 0 Å². The highest BCUT2D eigenvalue weighted by atomic mass is 32.1. The molecule has 2 nitrogen and oxygen atoms in total. The first kappa shape index (κ1) is 17.0. The minimum absolute atomic E-state index is 0.437. The molecule has 3 unspecified atom stereocenters. The van der Waals surface area contributed by atoms with E-state index in [-0.39, 0.29) is 0 Å². The number of nitrogens with zero attached hydrogens (tertiary/aromatic N) is 1. The fraction of sp³-hybridized carbons (Fsp3) is 0.833. The largest absolute Gasteiger partial charge is 0.307 e. The van der Waals surface area contributed by atoms with Crippen molar-refractivity contribution in [1.82, 2.24) is 10.3 Å². The van der Waals surface area contributed by atoms with E-state index >= 15 is 0 Å². The molecule has 1 aromatic rings. The summed E-state index contributed by atoms with van der Waals surface area (Å²) in [6, 6.07) is 1.11. The Kier molecular flexibility index (Phi) is 5.48. The standard InChI is InChI=1S/C18H32N2S/c1-12-17(21-14(3)19-12)13(2)20-16-9-7-8-15(10-11-16)18(4,5)6/h13,15-16,20H,7-11H2,1-6H3. The van der Waals surface area contributed by atoms with Gasteiger partial charge >= 0.3 is 0 Å². The Morgan fingerprint density at radius 3 is 2.43 bits per heavy atom. The Labute approximate surface area is 134 Å². The molecule has 2 rings (SSSR count). The van der Waals surface area contributed by atoms with Crippen molar-refractivity contribution >= 4 is 11.3 Å². The van der Waals surface area contributed by atoms with E-state index < -0.39 is 0 Å². The van der Waals surface area contributed by atoms with Crippen molar-refractivity contribution < 1.29 is 0 Å². The number of aromatic nitrogens is 1. The van der Waals surface area contributed by atoms with Gasteiger partial charge in [0, 0.05) is 17.0 Å². The molecule has 0 saturated heterocycles. The zero-order valence-electron chi connectivity index (χ0n) is 14.6. The van der Waals surface area contributed by atoms with Gasteiger partial charge in [-0.25, -0.2) is 4.98 Å². The predicted molar refractivity (Wildman–Crippen MR) is 93.0 cm³/mol. The van der Waals surface area contributed by atoms with Crippen LogP contribution in [0.15, 0.2) is 0 Å². The van der Waals surface area contributed by atoms with Crippen LogP contribution >= 0.6 is 11.3 Å². The molecule has 1 aromatic heterocycles. The second-order valence-corrected chi connectivity index (χ2v) is 9.07. The van der Waals surface area contributed by atoms with Crippen LogP contribution < -0.4 is 5.32 Å². The first-order valence-electron chi connectivity index (χ1n) is 8.47. The van der Waals surface area contributed by atoms with Crippen molar-refractivity contribution in [2.24, 2.45) is 11.3 Å². The van der Waals surface area contributed by atoms with Crippen molar-refractivity contribution in [3.8, 4) is 0 Å². The Balaban J connectivity index is 1.93. The summed E-state index contributed by atoms with van der Waals surface area (Å²) in [4.78, 5) is 5.99. The van der Waals surface area contributed by atoms with E-state index in [4.69, 9.17) is 0 Å². The Morgan fingerprint density at radius 1 is 1.14 bits per heavy atom. The van der Waals surface area contributed by atoms with Gasteiger partial charge in [-0.05, 0) is 57.8 Å². The summed E-state index contributed by atoms with van der Waals surface area (Å²) < 4.78 is 0. The summed E-state index contributed by atoms with van der Waals surface area (Å²) in [7, 11) is 0. The summed E-state index contributed by atoms with van der Waals surface area (Å²) in [5.41, 5.74) is 1.67. The van der Waals surface area contributed by atoms with Gasteiger partial charge in [0.25, 0.3) is 0 Å². The molecule has 3 heteroatoms. The predicted octanol–water partition coefficient (Wildman–Crippen LogP) is 5.41. The zero-order chi connectivity index (χ0) is 15.6. The second kappa shape index (κ2) is 6.78. The lowest BCUT2D eigenvalue weighted by molar-refractivity contribution is 0.213. The van der Waals surface area contributed by atoms with Gasteiger partial charge in [-0.3, -0.25) is 0 Å². The first-order valence-corrected chi connectivity index (χ1v) is 9.29. The molecule has 1 aliphatic rings. The number of thiazole rings is 1. The third-order valence-corrected chi connectivity index (χ3v) is 6.27. The molecular weight excluding hydrogens is 276 g/mol. The molecular formula is C18H32N2S. The molecule has 0 amide bonds. The van der Waals surface area contributed by atoms with E-state index in [9.17, 15) is 0 Å². The Hall–Kier alpha value is -0.410. The SMILES string of the molecule is Cc1nc(C)c(C(C)NC2CCCC(C(C)(C)C)CC2)s1. The maximum absolute atomic E-state index is 4.57. The average molecular weight is 309 g/mol. The summed E-state index contributed by atoms with van der Waals surface area (Å²) in [5, 5.41) is 5.06. The van der Waals surface area contributed by atoms with Crippen LogP contribution in [0.2, 0.25) is 0 Å². The van der Waals surface area contributed by atoms with Crippen LogP contribution in [0, 0.1) is 25.2 Å². The summed E-state index contributed by atoms with van der Waals surface area (Å²) in [5.74, 6) is 0.881. The highest BCUT2D eigenvalue weighted by Gasteiger charge is 2.28. The normalized spacial score (nSPS) is 25.6. The molecule has 0 aliphatic heterocycles. The van der Waals surface area contributed by atoms with E-state index in [2.05, 4.69) is 51.8 Å². The number of aryl methyl sites for hydroxylation is 2. The fourth-order valence-electron chi connectivity index (χ4n) is 3.71. The maximum atomic E-state index is 4.57. The van der Waals surface area contributed by atoms with E-state index in [0.717, 1.165) is 5.92 Å². The van der Waals surface area contributed by atoms with Gasteiger partial charge in [0.15, 0.2) is 0 Å². The van der Waals surface area contributed by atoms with Gasteiger partial charge in [-0.15, -0.1) is 11.3 Å². The van der Waals surface area contributed by atoms with Crippen LogP contribution in [-0.2, 0) is 0 Å². The molecule has 1 heterocycles. The topological polar surface area (TPSA) is 24.9 Å². The number of rotatable bonds is 3. The molecule has 120 valence electrons. The molecule has 1 aliphatic carbocycles. The van der Waals surface area contributed by atoms with Gasteiger partial charge in [0.1, 0.15) is 0 Å². The molecule has 1 fully saturated rings. The molecule has 0 bridgehead atoms. The third-order valence-electron chi connectivity index (χ3n) is 5.01. The van der Waals surface area contributed by atoms with Crippen LogP contribution in [0.5, 0.6) is 0 Å². The van der Waals surface area contributed by atoms with Crippen LogP contribution in [0.25, 0.3) is 0 Å². The van der Waals surface area contributed by atoms with Gasteiger partial charge in [-0.2, -0.15) is 0 Å². The maximum Gasteiger partial charge on any atom is 0.0900 e. The van der Waals surface area contributed by atoms with Crippen LogP contribution in [0.1, 0.15) is 81.4 Å². The molecule has 21 heavy (non-hydrogen) atoms. The highest BCUT2D eigenvalue weighted by Crippen LogP contribution is 2.37. The average Bonchev–Trinajstić information content (AvgIpc) is 2.59. The van der Waals surface area contributed by atoms with Crippen molar-refractivity contribution in [2.75, 3.05) is 0 Å². The summed E-state index contributed by atoms with van der Waals surface area (Å²) in [6.45, 7) is 13.7. The van der Waals surface area contributed by atoms with Crippen molar-refractivity contribution in [1.29, 1.82) is 0 Å². The summed E-state index contributed by atoms with van der Waals surface area (Å²) in [6.07, 6.45) is 6.78. The minimum atomic E-state index is 0.437. The quantitative estimate of drug-likeness (QED) is 0.756. The van der Waals surface area contributed by atoms with Crippen LogP contribution in [-0.4, -0.2) is 11.0 Å². The van der Waals surface area contributed by atoms with E-state index in [1.807, 2.05) is 11.3 Å². The monoisotopic (exact) mass is 308 g/mol. The van der Waals surface area contributed by atoms with E-state index in [1.165, 1.54) is 47.7 Å². The smallest absolute Gasteiger partial charge is 0.0900 e. The fourth-order valence-corrected chi connectivity index (χ4v) is 4.65. The lowest BCUT2D eigenvalue weighted by Gasteiger charge is -2.30. The molecule has 3 atom stereocenters. The third kappa shape index (κ3) is 4.53. The van der Waals surface area contributed by atoms with Crippen molar-refractivity contribution in [3.63, 3.8) is 0 Å². The molecule has 0 spiro atoms. The van der Waals surface area contributed by atoms with Gasteiger partial charge < -0.3 is 5.32 Å². The molecule has 0 aromatic carbocycles. The van der Waals surface area contributed by atoms with Crippen molar-refractivity contribution in [2.45, 2.75) is 85.7 Å². The van der Waals surface area contributed by atoms with Gasteiger partial charge in [-0.1, -0.05) is 27.2 Å². The lowest BCUT2D eigenvalue weighted by atomic mass is 9.76. The van der Waals surface area contributed by atoms with Crippen molar-refractivity contribution in [3.05, 3.63) is 15.6 Å². The van der Waals surface area contributed by atoms with Gasteiger partial charge in [0.2, 0.25) is 0 Å². The lowest BCUT2D eigenvalue weighted by Crippen LogP contribution is -2.31. The number of hydrogen-bond acceptors (Lipinski definition) is 3.